The standard InChI is InChI=1S/C9H11NO/c1-6-5-8-3-4-10-7(2)9(8)11-6/h3-4,6H,5H2,1-2H3. The molecule has 2 heterocycles. The van der Waals surface area contributed by atoms with Crippen molar-refractivity contribution in [2.75, 3.05) is 0 Å². The average Bonchev–Trinajstić information content (AvgIpc) is 2.31. The first-order chi connectivity index (χ1) is 5.27. The van der Waals surface area contributed by atoms with Crippen LogP contribution in [0.15, 0.2) is 12.3 Å². The van der Waals surface area contributed by atoms with E-state index >= 15 is 0 Å². The molecule has 0 bridgehead atoms. The highest BCUT2D eigenvalue weighted by molar-refractivity contribution is 5.39. The van der Waals surface area contributed by atoms with Gasteiger partial charge in [0.05, 0.1) is 5.69 Å². The fourth-order valence-corrected chi connectivity index (χ4v) is 1.48. The van der Waals surface area contributed by atoms with Crippen LogP contribution < -0.4 is 4.74 Å². The minimum Gasteiger partial charge on any atom is -0.488 e. The molecule has 2 heteroatoms. The number of rotatable bonds is 0. The summed E-state index contributed by atoms with van der Waals surface area (Å²) < 4.78 is 5.58. The molecule has 0 fully saturated rings. The van der Waals surface area contributed by atoms with Crippen LogP contribution in [0.25, 0.3) is 0 Å². The predicted molar refractivity (Wildman–Crippen MR) is 42.8 cm³/mol. The molecular formula is C9H11NO. The Kier molecular flexibility index (Phi) is 1.34. The van der Waals surface area contributed by atoms with Crippen LogP contribution in [0.3, 0.4) is 0 Å². The first kappa shape index (κ1) is 6.65. The summed E-state index contributed by atoms with van der Waals surface area (Å²) in [5, 5.41) is 0. The van der Waals surface area contributed by atoms with E-state index in [-0.39, 0.29) is 0 Å². The normalized spacial score (nSPS) is 21.1. The van der Waals surface area contributed by atoms with Gasteiger partial charge in [0.25, 0.3) is 0 Å². The Hall–Kier alpha value is -1.05. The number of pyridine rings is 1. The van der Waals surface area contributed by atoms with E-state index in [0.717, 1.165) is 17.9 Å². The molecule has 11 heavy (non-hydrogen) atoms. The average molecular weight is 149 g/mol. The molecule has 1 unspecified atom stereocenters. The van der Waals surface area contributed by atoms with E-state index in [1.54, 1.807) is 0 Å². The third-order valence-electron chi connectivity index (χ3n) is 1.99. The van der Waals surface area contributed by atoms with Crippen molar-refractivity contribution in [1.82, 2.24) is 4.98 Å². The molecule has 0 N–H and O–H groups in total. The van der Waals surface area contributed by atoms with E-state index in [4.69, 9.17) is 4.74 Å². The molecular weight excluding hydrogens is 138 g/mol. The Morgan fingerprint density at radius 1 is 1.64 bits per heavy atom. The largest absolute Gasteiger partial charge is 0.488 e. The van der Waals surface area contributed by atoms with Gasteiger partial charge in [-0.15, -0.1) is 0 Å². The molecule has 0 saturated heterocycles. The monoisotopic (exact) mass is 149 g/mol. The lowest BCUT2D eigenvalue weighted by molar-refractivity contribution is 0.252. The molecule has 0 aliphatic carbocycles. The number of aryl methyl sites for hydroxylation is 1. The summed E-state index contributed by atoms with van der Waals surface area (Å²) in [5.41, 5.74) is 2.30. The van der Waals surface area contributed by atoms with Crippen molar-refractivity contribution in [2.24, 2.45) is 0 Å². The van der Waals surface area contributed by atoms with E-state index in [2.05, 4.69) is 11.9 Å². The Balaban J connectivity index is 2.49. The Morgan fingerprint density at radius 2 is 2.45 bits per heavy atom. The van der Waals surface area contributed by atoms with Gasteiger partial charge in [0.1, 0.15) is 11.9 Å². The molecule has 0 aromatic carbocycles. The summed E-state index contributed by atoms with van der Waals surface area (Å²) in [6.45, 7) is 4.07. The summed E-state index contributed by atoms with van der Waals surface area (Å²) in [6.07, 6.45) is 3.20. The SMILES string of the molecule is Cc1nccc2c1OC(C)C2. The van der Waals surface area contributed by atoms with E-state index < -0.39 is 0 Å². The van der Waals surface area contributed by atoms with Crippen molar-refractivity contribution in [1.29, 1.82) is 0 Å². The molecule has 2 rings (SSSR count). The van der Waals surface area contributed by atoms with Crippen LogP contribution in [-0.2, 0) is 6.42 Å². The van der Waals surface area contributed by atoms with Crippen molar-refractivity contribution in [3.63, 3.8) is 0 Å². The van der Waals surface area contributed by atoms with E-state index in [1.807, 2.05) is 19.2 Å². The summed E-state index contributed by atoms with van der Waals surface area (Å²) in [7, 11) is 0. The number of nitrogens with zero attached hydrogens (tertiary/aromatic N) is 1. The topological polar surface area (TPSA) is 22.1 Å². The summed E-state index contributed by atoms with van der Waals surface area (Å²) in [6, 6.07) is 2.03. The Bertz CT molecular complexity index is 283. The lowest BCUT2D eigenvalue weighted by Gasteiger charge is -2.03. The van der Waals surface area contributed by atoms with Crippen LogP contribution in [0.1, 0.15) is 18.2 Å². The number of fused-ring (bicyclic) bond motifs is 1. The number of aromatic nitrogens is 1. The van der Waals surface area contributed by atoms with Gasteiger partial charge in [-0.3, -0.25) is 4.98 Å². The zero-order valence-corrected chi connectivity index (χ0v) is 6.79. The van der Waals surface area contributed by atoms with Gasteiger partial charge in [0.2, 0.25) is 0 Å². The van der Waals surface area contributed by atoms with Crippen LogP contribution in [0, 0.1) is 6.92 Å². The summed E-state index contributed by atoms with van der Waals surface area (Å²) in [5.74, 6) is 1.00. The van der Waals surface area contributed by atoms with Gasteiger partial charge >= 0.3 is 0 Å². The van der Waals surface area contributed by atoms with Gasteiger partial charge in [0, 0.05) is 18.2 Å². The maximum Gasteiger partial charge on any atom is 0.144 e. The van der Waals surface area contributed by atoms with Crippen molar-refractivity contribution in [3.05, 3.63) is 23.5 Å². The molecule has 1 aliphatic heterocycles. The van der Waals surface area contributed by atoms with Crippen LogP contribution in [0.5, 0.6) is 5.75 Å². The lowest BCUT2D eigenvalue weighted by Crippen LogP contribution is -2.05. The Labute approximate surface area is 66.2 Å². The quantitative estimate of drug-likeness (QED) is 0.560. The summed E-state index contributed by atoms with van der Waals surface area (Å²) >= 11 is 0. The highest BCUT2D eigenvalue weighted by Crippen LogP contribution is 2.30. The molecule has 1 aromatic heterocycles. The molecule has 58 valence electrons. The third-order valence-corrected chi connectivity index (χ3v) is 1.99. The molecule has 0 radical (unpaired) electrons. The molecule has 2 nitrogen and oxygen atoms in total. The first-order valence-corrected chi connectivity index (χ1v) is 3.88. The third kappa shape index (κ3) is 0.985. The number of hydrogen-bond acceptors (Lipinski definition) is 2. The fraction of sp³-hybridized carbons (Fsp3) is 0.444. The van der Waals surface area contributed by atoms with Gasteiger partial charge in [-0.1, -0.05) is 0 Å². The van der Waals surface area contributed by atoms with Gasteiger partial charge in [-0.05, 0) is 19.9 Å². The second kappa shape index (κ2) is 2.22. The van der Waals surface area contributed by atoms with Crippen LogP contribution >= 0.6 is 0 Å². The van der Waals surface area contributed by atoms with Gasteiger partial charge in [-0.2, -0.15) is 0 Å². The first-order valence-electron chi connectivity index (χ1n) is 3.88. The smallest absolute Gasteiger partial charge is 0.144 e. The van der Waals surface area contributed by atoms with Crippen LogP contribution in [0.2, 0.25) is 0 Å². The van der Waals surface area contributed by atoms with Gasteiger partial charge in [0.15, 0.2) is 0 Å². The minimum atomic E-state index is 0.327. The molecule has 0 saturated carbocycles. The van der Waals surface area contributed by atoms with Crippen LogP contribution in [-0.4, -0.2) is 11.1 Å². The lowest BCUT2D eigenvalue weighted by atomic mass is 10.1. The number of hydrogen-bond donors (Lipinski definition) is 0. The van der Waals surface area contributed by atoms with E-state index in [9.17, 15) is 0 Å². The molecule has 0 spiro atoms. The molecule has 1 aliphatic rings. The van der Waals surface area contributed by atoms with Crippen LogP contribution in [0.4, 0.5) is 0 Å². The van der Waals surface area contributed by atoms with Crippen molar-refractivity contribution < 1.29 is 4.74 Å². The summed E-state index contributed by atoms with van der Waals surface area (Å²) in [4.78, 5) is 4.16. The zero-order chi connectivity index (χ0) is 7.84. The predicted octanol–water partition coefficient (Wildman–Crippen LogP) is 1.71. The second-order valence-electron chi connectivity index (χ2n) is 3.02. The minimum absolute atomic E-state index is 0.327. The Morgan fingerprint density at radius 3 is 3.18 bits per heavy atom. The van der Waals surface area contributed by atoms with Crippen molar-refractivity contribution >= 4 is 0 Å². The maximum absolute atomic E-state index is 5.58. The molecule has 1 atom stereocenters. The van der Waals surface area contributed by atoms with E-state index in [0.29, 0.717) is 6.10 Å². The van der Waals surface area contributed by atoms with Gasteiger partial charge < -0.3 is 4.74 Å². The second-order valence-corrected chi connectivity index (χ2v) is 3.02. The van der Waals surface area contributed by atoms with E-state index in [1.165, 1.54) is 5.56 Å². The number of ether oxygens (including phenoxy) is 1. The maximum atomic E-state index is 5.58. The highest BCUT2D eigenvalue weighted by atomic mass is 16.5. The van der Waals surface area contributed by atoms with Crippen molar-refractivity contribution in [3.8, 4) is 5.75 Å². The molecule has 0 amide bonds. The highest BCUT2D eigenvalue weighted by Gasteiger charge is 2.20. The molecule has 1 aromatic rings. The van der Waals surface area contributed by atoms with Crippen molar-refractivity contribution in [2.45, 2.75) is 26.4 Å². The van der Waals surface area contributed by atoms with Gasteiger partial charge in [-0.25, -0.2) is 0 Å². The zero-order valence-electron chi connectivity index (χ0n) is 6.79. The fourth-order valence-electron chi connectivity index (χ4n) is 1.48.